The van der Waals surface area contributed by atoms with E-state index in [2.05, 4.69) is 30.3 Å². The number of hydrogen-bond acceptors (Lipinski definition) is 3. The van der Waals surface area contributed by atoms with Crippen LogP contribution in [0.15, 0.2) is 35.2 Å². The fourth-order valence-corrected chi connectivity index (χ4v) is 4.36. The van der Waals surface area contributed by atoms with Crippen molar-refractivity contribution in [1.29, 1.82) is 0 Å². The molecule has 1 aromatic rings. The molecular formula is C15H20O2S. The van der Waals surface area contributed by atoms with Crippen LogP contribution >= 0.6 is 11.8 Å². The van der Waals surface area contributed by atoms with Crippen LogP contribution in [-0.2, 0) is 9.47 Å². The first-order valence-corrected chi connectivity index (χ1v) is 7.70. The Labute approximate surface area is 113 Å². The molecule has 1 unspecified atom stereocenters. The average Bonchev–Trinajstić information content (AvgIpc) is 2.44. The van der Waals surface area contributed by atoms with Gasteiger partial charge in [-0.15, -0.1) is 11.8 Å². The second-order valence-electron chi connectivity index (χ2n) is 5.09. The molecule has 3 rings (SSSR count). The average molecular weight is 264 g/mol. The molecule has 2 fully saturated rings. The van der Waals surface area contributed by atoms with E-state index in [0.29, 0.717) is 5.25 Å². The third-order valence-electron chi connectivity index (χ3n) is 3.95. The Bertz CT molecular complexity index is 365. The number of rotatable bonds is 2. The third-order valence-corrected chi connectivity index (χ3v) is 5.44. The summed E-state index contributed by atoms with van der Waals surface area (Å²) in [6, 6.07) is 10.7. The van der Waals surface area contributed by atoms with E-state index in [1.54, 1.807) is 0 Å². The summed E-state index contributed by atoms with van der Waals surface area (Å²) >= 11 is 1.99. The normalized spacial score (nSPS) is 27.2. The minimum absolute atomic E-state index is 0.0665. The van der Waals surface area contributed by atoms with Crippen molar-refractivity contribution < 1.29 is 9.47 Å². The van der Waals surface area contributed by atoms with Crippen LogP contribution in [0.5, 0.6) is 0 Å². The van der Waals surface area contributed by atoms with Gasteiger partial charge >= 0.3 is 0 Å². The SMILES string of the molecule is c1ccc(SC2CCCOC23CCOCC3)cc1. The molecule has 0 saturated carbocycles. The van der Waals surface area contributed by atoms with Gasteiger partial charge in [-0.25, -0.2) is 0 Å². The first-order valence-electron chi connectivity index (χ1n) is 6.82. The van der Waals surface area contributed by atoms with Crippen molar-refractivity contribution >= 4 is 11.8 Å². The Morgan fingerprint density at radius 3 is 2.61 bits per heavy atom. The van der Waals surface area contributed by atoms with Crippen LogP contribution in [0.1, 0.15) is 25.7 Å². The molecule has 0 radical (unpaired) electrons. The lowest BCUT2D eigenvalue weighted by Gasteiger charge is -2.45. The molecule has 98 valence electrons. The minimum Gasteiger partial charge on any atom is -0.381 e. The molecule has 2 saturated heterocycles. The molecule has 18 heavy (non-hydrogen) atoms. The summed E-state index contributed by atoms with van der Waals surface area (Å²) in [6.07, 6.45) is 4.56. The van der Waals surface area contributed by atoms with Gasteiger partial charge < -0.3 is 9.47 Å². The van der Waals surface area contributed by atoms with Gasteiger partial charge in [-0.2, -0.15) is 0 Å². The first-order chi connectivity index (χ1) is 8.89. The second kappa shape index (κ2) is 5.64. The maximum atomic E-state index is 6.19. The van der Waals surface area contributed by atoms with Gasteiger partial charge in [0.1, 0.15) is 0 Å². The molecule has 3 heteroatoms. The summed E-state index contributed by atoms with van der Waals surface area (Å²) in [7, 11) is 0. The minimum atomic E-state index is 0.0665. The molecule has 1 spiro atoms. The number of thioether (sulfide) groups is 1. The lowest BCUT2D eigenvalue weighted by molar-refractivity contribution is -0.128. The van der Waals surface area contributed by atoms with Crippen LogP contribution in [0, 0.1) is 0 Å². The van der Waals surface area contributed by atoms with Crippen LogP contribution in [0.25, 0.3) is 0 Å². The van der Waals surface area contributed by atoms with E-state index in [1.807, 2.05) is 11.8 Å². The molecule has 0 amide bonds. The Morgan fingerprint density at radius 2 is 1.83 bits per heavy atom. The fourth-order valence-electron chi connectivity index (χ4n) is 2.91. The van der Waals surface area contributed by atoms with Crippen LogP contribution in [0.3, 0.4) is 0 Å². The fraction of sp³-hybridized carbons (Fsp3) is 0.600. The van der Waals surface area contributed by atoms with Crippen molar-refractivity contribution in [2.45, 2.75) is 41.4 Å². The third kappa shape index (κ3) is 2.58. The largest absolute Gasteiger partial charge is 0.381 e. The molecule has 2 nitrogen and oxygen atoms in total. The summed E-state index contributed by atoms with van der Waals surface area (Å²) < 4.78 is 11.7. The standard InChI is InChI=1S/C15H20O2S/c1-2-5-13(6-3-1)18-14-7-4-10-17-15(14)8-11-16-12-9-15/h1-3,5-6,14H,4,7-12H2. The number of ether oxygens (including phenoxy) is 2. The van der Waals surface area contributed by atoms with Gasteiger partial charge in [-0.05, 0) is 25.0 Å². The molecule has 0 bridgehead atoms. The predicted octanol–water partition coefficient (Wildman–Crippen LogP) is 3.51. The Morgan fingerprint density at radius 1 is 1.06 bits per heavy atom. The lowest BCUT2D eigenvalue weighted by Crippen LogP contribution is -2.50. The molecule has 2 aliphatic rings. The van der Waals surface area contributed by atoms with Crippen LogP contribution in [0.2, 0.25) is 0 Å². The summed E-state index contributed by atoms with van der Waals surface area (Å²) in [5.74, 6) is 0. The topological polar surface area (TPSA) is 18.5 Å². The molecule has 0 aliphatic carbocycles. The molecule has 0 aromatic heterocycles. The number of benzene rings is 1. The maximum Gasteiger partial charge on any atom is 0.0847 e. The van der Waals surface area contributed by atoms with Crippen molar-refractivity contribution in [1.82, 2.24) is 0 Å². The summed E-state index contributed by atoms with van der Waals surface area (Å²) in [5, 5.41) is 0.581. The lowest BCUT2D eigenvalue weighted by atomic mass is 9.86. The van der Waals surface area contributed by atoms with Crippen molar-refractivity contribution in [3.05, 3.63) is 30.3 Å². The van der Waals surface area contributed by atoms with Crippen LogP contribution in [-0.4, -0.2) is 30.7 Å². The van der Waals surface area contributed by atoms with E-state index >= 15 is 0 Å². The van der Waals surface area contributed by atoms with Gasteiger partial charge in [-0.1, -0.05) is 18.2 Å². The molecule has 2 aliphatic heterocycles. The number of hydrogen-bond donors (Lipinski definition) is 0. The highest BCUT2D eigenvalue weighted by Gasteiger charge is 2.43. The van der Waals surface area contributed by atoms with E-state index < -0.39 is 0 Å². The highest BCUT2D eigenvalue weighted by atomic mass is 32.2. The Kier molecular flexibility index (Phi) is 3.92. The van der Waals surface area contributed by atoms with Crippen LogP contribution < -0.4 is 0 Å². The molecule has 0 N–H and O–H groups in total. The molecule has 1 atom stereocenters. The summed E-state index contributed by atoms with van der Waals surface area (Å²) in [5.41, 5.74) is 0.0665. The maximum absolute atomic E-state index is 6.19. The van der Waals surface area contributed by atoms with E-state index in [4.69, 9.17) is 9.47 Å². The van der Waals surface area contributed by atoms with Gasteiger partial charge in [0.15, 0.2) is 0 Å². The highest BCUT2D eigenvalue weighted by molar-refractivity contribution is 8.00. The monoisotopic (exact) mass is 264 g/mol. The van der Waals surface area contributed by atoms with Crippen molar-refractivity contribution in [2.24, 2.45) is 0 Å². The Balaban J connectivity index is 1.75. The smallest absolute Gasteiger partial charge is 0.0847 e. The van der Waals surface area contributed by atoms with Crippen molar-refractivity contribution in [3.63, 3.8) is 0 Å². The van der Waals surface area contributed by atoms with E-state index in [-0.39, 0.29) is 5.60 Å². The zero-order valence-electron chi connectivity index (χ0n) is 10.6. The van der Waals surface area contributed by atoms with Gasteiger partial charge in [-0.3, -0.25) is 0 Å². The van der Waals surface area contributed by atoms with Crippen molar-refractivity contribution in [3.8, 4) is 0 Å². The van der Waals surface area contributed by atoms with Gasteiger partial charge in [0.25, 0.3) is 0 Å². The van der Waals surface area contributed by atoms with Gasteiger partial charge in [0.05, 0.1) is 5.60 Å². The van der Waals surface area contributed by atoms with Gasteiger partial charge in [0.2, 0.25) is 0 Å². The quantitative estimate of drug-likeness (QED) is 0.814. The summed E-state index contributed by atoms with van der Waals surface area (Å²) in [4.78, 5) is 1.36. The zero-order chi connectivity index (χ0) is 12.3. The van der Waals surface area contributed by atoms with Crippen LogP contribution in [0.4, 0.5) is 0 Å². The first kappa shape index (κ1) is 12.5. The predicted molar refractivity (Wildman–Crippen MR) is 74.1 cm³/mol. The molecule has 2 heterocycles. The van der Waals surface area contributed by atoms with E-state index in [0.717, 1.165) is 32.7 Å². The molecule has 1 aromatic carbocycles. The zero-order valence-corrected chi connectivity index (χ0v) is 11.5. The summed E-state index contributed by atoms with van der Waals surface area (Å²) in [6.45, 7) is 2.63. The highest BCUT2D eigenvalue weighted by Crippen LogP contribution is 2.43. The second-order valence-corrected chi connectivity index (χ2v) is 6.36. The van der Waals surface area contributed by atoms with Crippen molar-refractivity contribution in [2.75, 3.05) is 19.8 Å². The van der Waals surface area contributed by atoms with Gasteiger partial charge in [0, 0.05) is 42.8 Å². The molecular weight excluding hydrogens is 244 g/mol. The Hall–Kier alpha value is -0.510. The van der Waals surface area contributed by atoms with E-state index in [9.17, 15) is 0 Å². The van der Waals surface area contributed by atoms with E-state index in [1.165, 1.54) is 17.7 Å².